The molecule has 1 rings (SSSR count). The van der Waals surface area contributed by atoms with Crippen LogP contribution in [0.4, 0.5) is 4.39 Å². The fourth-order valence-electron chi connectivity index (χ4n) is 1.22. The second kappa shape index (κ2) is 5.37. The standard InChI is InChI=1S/C11H16FNS/c1-8(2)14-11-4-3-9(5-6-13)7-10(11)12/h3-4,7-8H,5-6,13H2,1-2H3. The quantitative estimate of drug-likeness (QED) is 0.778. The van der Waals surface area contributed by atoms with Crippen molar-refractivity contribution in [1.82, 2.24) is 0 Å². The summed E-state index contributed by atoms with van der Waals surface area (Å²) in [4.78, 5) is 0.723. The molecule has 0 aliphatic carbocycles. The van der Waals surface area contributed by atoms with Gasteiger partial charge in [-0.2, -0.15) is 0 Å². The highest BCUT2D eigenvalue weighted by Gasteiger charge is 2.05. The van der Waals surface area contributed by atoms with Crippen LogP contribution in [0.1, 0.15) is 19.4 Å². The molecule has 1 aromatic rings. The Morgan fingerprint density at radius 3 is 2.64 bits per heavy atom. The van der Waals surface area contributed by atoms with Gasteiger partial charge in [0.25, 0.3) is 0 Å². The third-order valence-corrected chi connectivity index (χ3v) is 2.85. The SMILES string of the molecule is CC(C)Sc1ccc(CCN)cc1F. The van der Waals surface area contributed by atoms with Gasteiger partial charge in [0.1, 0.15) is 5.82 Å². The summed E-state index contributed by atoms with van der Waals surface area (Å²) in [5, 5.41) is 0.407. The molecule has 0 amide bonds. The molecular weight excluding hydrogens is 197 g/mol. The van der Waals surface area contributed by atoms with Crippen molar-refractivity contribution in [2.24, 2.45) is 5.73 Å². The zero-order valence-electron chi connectivity index (χ0n) is 8.59. The number of hydrogen-bond donors (Lipinski definition) is 1. The molecular formula is C11H16FNS. The molecule has 3 heteroatoms. The molecule has 14 heavy (non-hydrogen) atoms. The maximum atomic E-state index is 13.5. The average Bonchev–Trinajstić information content (AvgIpc) is 2.10. The first-order valence-corrected chi connectivity index (χ1v) is 5.66. The third kappa shape index (κ3) is 3.31. The Balaban J connectivity index is 2.79. The van der Waals surface area contributed by atoms with Crippen LogP contribution in [0.5, 0.6) is 0 Å². The van der Waals surface area contributed by atoms with Crippen LogP contribution in [0, 0.1) is 5.82 Å². The van der Waals surface area contributed by atoms with Crippen molar-refractivity contribution in [3.8, 4) is 0 Å². The molecule has 0 fully saturated rings. The van der Waals surface area contributed by atoms with Gasteiger partial charge in [0.15, 0.2) is 0 Å². The molecule has 0 radical (unpaired) electrons. The fourth-order valence-corrected chi connectivity index (χ4v) is 2.04. The van der Waals surface area contributed by atoms with Gasteiger partial charge >= 0.3 is 0 Å². The molecule has 2 N–H and O–H groups in total. The summed E-state index contributed by atoms with van der Waals surface area (Å²) in [6.45, 7) is 4.67. The molecule has 1 nitrogen and oxygen atoms in total. The number of rotatable bonds is 4. The Morgan fingerprint density at radius 1 is 1.43 bits per heavy atom. The van der Waals surface area contributed by atoms with E-state index in [1.54, 1.807) is 17.8 Å². The van der Waals surface area contributed by atoms with Gasteiger partial charge in [0.05, 0.1) is 0 Å². The fraction of sp³-hybridized carbons (Fsp3) is 0.455. The number of thioether (sulfide) groups is 1. The molecule has 78 valence electrons. The monoisotopic (exact) mass is 213 g/mol. The lowest BCUT2D eigenvalue weighted by molar-refractivity contribution is 0.599. The number of halogens is 1. The third-order valence-electron chi connectivity index (χ3n) is 1.79. The molecule has 0 aliphatic rings. The van der Waals surface area contributed by atoms with Crippen LogP contribution in [-0.4, -0.2) is 11.8 Å². The largest absolute Gasteiger partial charge is 0.330 e. The second-order valence-electron chi connectivity index (χ2n) is 3.47. The summed E-state index contributed by atoms with van der Waals surface area (Å²) in [7, 11) is 0. The summed E-state index contributed by atoms with van der Waals surface area (Å²) in [6, 6.07) is 5.36. The van der Waals surface area contributed by atoms with Gasteiger partial charge in [-0.05, 0) is 30.7 Å². The van der Waals surface area contributed by atoms with Crippen molar-refractivity contribution in [2.45, 2.75) is 30.4 Å². The lowest BCUT2D eigenvalue weighted by atomic mass is 10.1. The van der Waals surface area contributed by atoms with Crippen molar-refractivity contribution >= 4 is 11.8 Å². The average molecular weight is 213 g/mol. The Bertz CT molecular complexity index is 299. The van der Waals surface area contributed by atoms with Gasteiger partial charge in [-0.3, -0.25) is 0 Å². The normalized spacial score (nSPS) is 10.9. The molecule has 0 aliphatic heterocycles. The summed E-state index contributed by atoms with van der Waals surface area (Å²) in [5.41, 5.74) is 6.37. The van der Waals surface area contributed by atoms with E-state index in [2.05, 4.69) is 13.8 Å². The molecule has 0 bridgehead atoms. The van der Waals surface area contributed by atoms with E-state index in [1.807, 2.05) is 12.1 Å². The van der Waals surface area contributed by atoms with Crippen molar-refractivity contribution in [2.75, 3.05) is 6.54 Å². The number of benzene rings is 1. The smallest absolute Gasteiger partial charge is 0.137 e. The van der Waals surface area contributed by atoms with E-state index in [9.17, 15) is 4.39 Å². The van der Waals surface area contributed by atoms with Gasteiger partial charge < -0.3 is 5.73 Å². The molecule has 0 spiro atoms. The van der Waals surface area contributed by atoms with E-state index in [1.165, 1.54) is 0 Å². The summed E-state index contributed by atoms with van der Waals surface area (Å²) in [6.07, 6.45) is 0.740. The predicted molar refractivity (Wildman–Crippen MR) is 60.2 cm³/mol. The van der Waals surface area contributed by atoms with Crippen LogP contribution in [0.2, 0.25) is 0 Å². The Hall–Kier alpha value is -0.540. The van der Waals surface area contributed by atoms with E-state index < -0.39 is 0 Å². The van der Waals surface area contributed by atoms with Crippen LogP contribution in [-0.2, 0) is 6.42 Å². The first-order valence-electron chi connectivity index (χ1n) is 4.78. The van der Waals surface area contributed by atoms with Crippen LogP contribution < -0.4 is 5.73 Å². The minimum Gasteiger partial charge on any atom is -0.330 e. The lowest BCUT2D eigenvalue weighted by Gasteiger charge is -2.07. The van der Waals surface area contributed by atoms with Crippen LogP contribution in [0.3, 0.4) is 0 Å². The van der Waals surface area contributed by atoms with E-state index in [-0.39, 0.29) is 5.82 Å². The Labute approximate surface area is 88.9 Å². The van der Waals surface area contributed by atoms with E-state index in [0.717, 1.165) is 16.9 Å². The lowest BCUT2D eigenvalue weighted by Crippen LogP contribution is -2.03. The van der Waals surface area contributed by atoms with Gasteiger partial charge in [0.2, 0.25) is 0 Å². The summed E-state index contributed by atoms with van der Waals surface area (Å²) in [5.74, 6) is -0.130. The number of nitrogens with two attached hydrogens (primary N) is 1. The van der Waals surface area contributed by atoms with Crippen LogP contribution >= 0.6 is 11.8 Å². The van der Waals surface area contributed by atoms with Crippen molar-refractivity contribution in [1.29, 1.82) is 0 Å². The number of hydrogen-bond acceptors (Lipinski definition) is 2. The maximum absolute atomic E-state index is 13.5. The molecule has 0 atom stereocenters. The predicted octanol–water partition coefficient (Wildman–Crippen LogP) is 2.83. The van der Waals surface area contributed by atoms with Crippen LogP contribution in [0.25, 0.3) is 0 Å². The van der Waals surface area contributed by atoms with Crippen molar-refractivity contribution < 1.29 is 4.39 Å². The second-order valence-corrected chi connectivity index (χ2v) is 5.09. The molecule has 0 aromatic heterocycles. The molecule has 0 saturated carbocycles. The first kappa shape index (κ1) is 11.5. The molecule has 0 saturated heterocycles. The zero-order chi connectivity index (χ0) is 10.6. The highest BCUT2D eigenvalue weighted by Crippen LogP contribution is 2.26. The summed E-state index contributed by atoms with van der Waals surface area (Å²) < 4.78 is 13.5. The molecule has 0 heterocycles. The van der Waals surface area contributed by atoms with Gasteiger partial charge in [-0.15, -0.1) is 11.8 Å². The zero-order valence-corrected chi connectivity index (χ0v) is 9.40. The van der Waals surface area contributed by atoms with Crippen molar-refractivity contribution in [3.05, 3.63) is 29.6 Å². The minimum atomic E-state index is -0.130. The van der Waals surface area contributed by atoms with Crippen molar-refractivity contribution in [3.63, 3.8) is 0 Å². The highest BCUT2D eigenvalue weighted by molar-refractivity contribution is 7.99. The van der Waals surface area contributed by atoms with Gasteiger partial charge in [0, 0.05) is 10.1 Å². The maximum Gasteiger partial charge on any atom is 0.137 e. The van der Waals surface area contributed by atoms with Crippen LogP contribution in [0.15, 0.2) is 23.1 Å². The minimum absolute atomic E-state index is 0.130. The highest BCUT2D eigenvalue weighted by atomic mass is 32.2. The van der Waals surface area contributed by atoms with E-state index >= 15 is 0 Å². The summed E-state index contributed by atoms with van der Waals surface area (Å²) >= 11 is 1.55. The Morgan fingerprint density at radius 2 is 2.14 bits per heavy atom. The van der Waals surface area contributed by atoms with E-state index in [0.29, 0.717) is 11.8 Å². The van der Waals surface area contributed by atoms with Gasteiger partial charge in [-0.25, -0.2) is 4.39 Å². The Kier molecular flexibility index (Phi) is 4.42. The topological polar surface area (TPSA) is 26.0 Å². The van der Waals surface area contributed by atoms with E-state index in [4.69, 9.17) is 5.73 Å². The molecule has 0 unspecified atom stereocenters. The first-order chi connectivity index (χ1) is 6.63. The molecule has 1 aromatic carbocycles. The van der Waals surface area contributed by atoms with Gasteiger partial charge in [-0.1, -0.05) is 19.9 Å².